The topological polar surface area (TPSA) is 116 Å². The van der Waals surface area contributed by atoms with Crippen molar-refractivity contribution in [3.63, 3.8) is 0 Å². The van der Waals surface area contributed by atoms with E-state index in [2.05, 4.69) is 0 Å². The Bertz CT molecular complexity index is 888. The lowest BCUT2D eigenvalue weighted by atomic mass is 9.54. The van der Waals surface area contributed by atoms with Crippen LogP contribution >= 0.6 is 0 Å². The summed E-state index contributed by atoms with van der Waals surface area (Å²) in [6.45, 7) is 10.2. The summed E-state index contributed by atoms with van der Waals surface area (Å²) in [5, 5.41) is 10.9. The SMILES string of the molecule is CCCC(=O)OC1CCC(C)=CC=C(C(C)C(=O)OC)C(=O)C2C(C)C(O)CC(OC(C)=O)C12C. The van der Waals surface area contributed by atoms with Crippen molar-refractivity contribution >= 4 is 23.7 Å². The summed E-state index contributed by atoms with van der Waals surface area (Å²) in [5.74, 6) is -4.10. The number of methoxy groups -OCH3 is 1. The van der Waals surface area contributed by atoms with E-state index in [0.29, 0.717) is 19.3 Å². The molecule has 0 bridgehead atoms. The third-order valence-electron chi connectivity index (χ3n) is 7.62. The summed E-state index contributed by atoms with van der Waals surface area (Å²) in [6.07, 6.45) is 2.85. The van der Waals surface area contributed by atoms with E-state index < -0.39 is 53.4 Å². The Morgan fingerprint density at radius 1 is 1.20 bits per heavy atom. The number of hydrogen-bond donors (Lipinski definition) is 1. The fourth-order valence-corrected chi connectivity index (χ4v) is 5.50. The van der Waals surface area contributed by atoms with E-state index >= 15 is 0 Å². The predicted molar refractivity (Wildman–Crippen MR) is 129 cm³/mol. The largest absolute Gasteiger partial charge is 0.469 e. The van der Waals surface area contributed by atoms with Gasteiger partial charge in [0, 0.05) is 31.3 Å². The molecule has 0 aromatic heterocycles. The second kappa shape index (κ2) is 12.0. The van der Waals surface area contributed by atoms with Crippen LogP contribution in [0.25, 0.3) is 0 Å². The normalized spacial score (nSPS) is 32.3. The average molecular weight is 493 g/mol. The highest BCUT2D eigenvalue weighted by atomic mass is 16.6. The number of Topliss-reactive ketones (excluding diaryl/α,β-unsaturated/α-hetero) is 1. The maximum atomic E-state index is 14.2. The summed E-state index contributed by atoms with van der Waals surface area (Å²) in [6, 6.07) is 0. The second-order valence-electron chi connectivity index (χ2n) is 10.1. The fourth-order valence-electron chi connectivity index (χ4n) is 5.50. The molecule has 2 aliphatic rings. The minimum absolute atomic E-state index is 0.114. The standard InChI is InChI=1S/C27H40O8/c1-8-9-23(30)35-21-13-11-15(2)10-12-19(16(3)26(32)33-7)25(31)24-17(4)20(29)14-22(27(21,24)6)34-18(5)28/h10,12,16-17,20-22,24,29H,8-9,11,13-14H2,1-7H3. The van der Waals surface area contributed by atoms with Gasteiger partial charge in [-0.1, -0.05) is 38.5 Å². The van der Waals surface area contributed by atoms with Gasteiger partial charge in [-0.05, 0) is 39.0 Å². The highest BCUT2D eigenvalue weighted by Gasteiger charge is 2.60. The molecule has 8 heteroatoms. The molecular formula is C27H40O8. The number of allylic oxidation sites excluding steroid dienone is 3. The maximum Gasteiger partial charge on any atom is 0.312 e. The first-order valence-electron chi connectivity index (χ1n) is 12.4. The van der Waals surface area contributed by atoms with E-state index in [1.54, 1.807) is 32.9 Å². The van der Waals surface area contributed by atoms with Crippen molar-refractivity contribution in [2.45, 2.75) is 92.0 Å². The molecule has 35 heavy (non-hydrogen) atoms. The van der Waals surface area contributed by atoms with Crippen molar-refractivity contribution in [2.24, 2.45) is 23.2 Å². The Labute approximate surface area is 208 Å². The van der Waals surface area contributed by atoms with Crippen molar-refractivity contribution < 1.29 is 38.5 Å². The first-order chi connectivity index (χ1) is 16.4. The number of rotatable bonds is 6. The lowest BCUT2D eigenvalue weighted by Crippen LogP contribution is -2.61. The minimum Gasteiger partial charge on any atom is -0.469 e. The Hall–Kier alpha value is -2.48. The number of carbonyl (C=O) groups excluding carboxylic acids is 4. The minimum atomic E-state index is -1.13. The zero-order valence-electron chi connectivity index (χ0n) is 22.0. The highest BCUT2D eigenvalue weighted by Crippen LogP contribution is 2.52. The molecule has 2 aliphatic carbocycles. The molecule has 0 amide bonds. The van der Waals surface area contributed by atoms with Crippen LogP contribution in [0.2, 0.25) is 0 Å². The van der Waals surface area contributed by atoms with E-state index in [1.165, 1.54) is 14.0 Å². The molecule has 0 heterocycles. The molecule has 1 N–H and O–H groups in total. The zero-order chi connectivity index (χ0) is 26.5. The highest BCUT2D eigenvalue weighted by molar-refractivity contribution is 6.02. The van der Waals surface area contributed by atoms with E-state index in [9.17, 15) is 24.3 Å². The van der Waals surface area contributed by atoms with Gasteiger partial charge < -0.3 is 19.3 Å². The smallest absolute Gasteiger partial charge is 0.312 e. The molecule has 0 aromatic rings. The second-order valence-corrected chi connectivity index (χ2v) is 10.1. The van der Waals surface area contributed by atoms with Gasteiger partial charge in [-0.15, -0.1) is 0 Å². The van der Waals surface area contributed by atoms with E-state index in [4.69, 9.17) is 14.2 Å². The van der Waals surface area contributed by atoms with Crippen molar-refractivity contribution in [1.82, 2.24) is 0 Å². The quantitative estimate of drug-likeness (QED) is 0.441. The molecule has 0 aromatic carbocycles. The van der Waals surface area contributed by atoms with Gasteiger partial charge in [0.05, 0.1) is 24.5 Å². The van der Waals surface area contributed by atoms with Crippen LogP contribution in [0.4, 0.5) is 0 Å². The molecule has 1 saturated carbocycles. The molecule has 7 unspecified atom stereocenters. The van der Waals surface area contributed by atoms with E-state index in [1.807, 2.05) is 13.8 Å². The Kier molecular flexibility index (Phi) is 9.84. The number of ether oxygens (including phenoxy) is 3. The molecule has 196 valence electrons. The van der Waals surface area contributed by atoms with Gasteiger partial charge in [-0.2, -0.15) is 0 Å². The van der Waals surface area contributed by atoms with Crippen LogP contribution in [0.3, 0.4) is 0 Å². The van der Waals surface area contributed by atoms with Crippen molar-refractivity contribution in [1.29, 1.82) is 0 Å². The molecule has 0 radical (unpaired) electrons. The Morgan fingerprint density at radius 3 is 2.43 bits per heavy atom. The molecule has 2 rings (SSSR count). The third-order valence-corrected chi connectivity index (χ3v) is 7.62. The molecular weight excluding hydrogens is 452 g/mol. The number of ketones is 1. The molecule has 0 spiro atoms. The van der Waals surface area contributed by atoms with Gasteiger partial charge >= 0.3 is 17.9 Å². The summed E-state index contributed by atoms with van der Waals surface area (Å²) in [4.78, 5) is 51.4. The average Bonchev–Trinajstić information content (AvgIpc) is 2.78. The number of carbonyl (C=O) groups is 4. The van der Waals surface area contributed by atoms with E-state index in [0.717, 1.165) is 5.57 Å². The number of esters is 3. The van der Waals surface area contributed by atoms with Crippen LogP contribution in [0.5, 0.6) is 0 Å². The molecule has 0 saturated heterocycles. The number of hydrogen-bond acceptors (Lipinski definition) is 8. The molecule has 0 aliphatic heterocycles. The summed E-state index contributed by atoms with van der Waals surface area (Å²) in [7, 11) is 1.27. The van der Waals surface area contributed by atoms with Gasteiger partial charge in [0.1, 0.15) is 12.2 Å². The monoisotopic (exact) mass is 492 g/mol. The Balaban J connectivity index is 2.76. The fraction of sp³-hybridized carbons (Fsp3) is 0.704. The van der Waals surface area contributed by atoms with Crippen LogP contribution in [-0.2, 0) is 33.4 Å². The van der Waals surface area contributed by atoms with Crippen LogP contribution in [0, 0.1) is 23.2 Å². The molecule has 1 fully saturated rings. The van der Waals surface area contributed by atoms with Crippen LogP contribution < -0.4 is 0 Å². The van der Waals surface area contributed by atoms with Crippen molar-refractivity contribution in [3.8, 4) is 0 Å². The van der Waals surface area contributed by atoms with E-state index in [-0.39, 0.29) is 30.2 Å². The number of fused-ring (bicyclic) bond motifs is 1. The lowest BCUT2D eigenvalue weighted by Gasteiger charge is -2.53. The van der Waals surface area contributed by atoms with Gasteiger partial charge in [0.25, 0.3) is 0 Å². The van der Waals surface area contributed by atoms with Crippen molar-refractivity contribution in [3.05, 3.63) is 23.3 Å². The molecule has 7 atom stereocenters. The van der Waals surface area contributed by atoms with Crippen LogP contribution in [0.1, 0.15) is 73.6 Å². The first kappa shape index (κ1) is 28.8. The Morgan fingerprint density at radius 2 is 1.86 bits per heavy atom. The lowest BCUT2D eigenvalue weighted by molar-refractivity contribution is -0.205. The summed E-state index contributed by atoms with van der Waals surface area (Å²) < 4.78 is 16.6. The number of aliphatic hydroxyl groups excluding tert-OH is 1. The van der Waals surface area contributed by atoms with Crippen LogP contribution in [-0.4, -0.2) is 54.2 Å². The summed E-state index contributed by atoms with van der Waals surface area (Å²) in [5.41, 5.74) is 0.0616. The maximum absolute atomic E-state index is 14.2. The van der Waals surface area contributed by atoms with Gasteiger partial charge in [-0.25, -0.2) is 0 Å². The number of aliphatic hydroxyl groups is 1. The van der Waals surface area contributed by atoms with Gasteiger partial charge in [0.2, 0.25) is 0 Å². The third kappa shape index (κ3) is 6.21. The summed E-state index contributed by atoms with van der Waals surface area (Å²) >= 11 is 0. The van der Waals surface area contributed by atoms with Crippen LogP contribution in [0.15, 0.2) is 23.3 Å². The predicted octanol–water partition coefficient (Wildman–Crippen LogP) is 3.70. The van der Waals surface area contributed by atoms with Gasteiger partial charge in [-0.3, -0.25) is 19.2 Å². The first-order valence-corrected chi connectivity index (χ1v) is 12.4. The zero-order valence-corrected chi connectivity index (χ0v) is 22.0. The van der Waals surface area contributed by atoms with Crippen molar-refractivity contribution in [2.75, 3.05) is 7.11 Å². The van der Waals surface area contributed by atoms with Gasteiger partial charge in [0.15, 0.2) is 5.78 Å². The molecule has 8 nitrogen and oxygen atoms in total.